The summed E-state index contributed by atoms with van der Waals surface area (Å²) in [7, 11) is 0. The van der Waals surface area contributed by atoms with Crippen LogP contribution in [0.3, 0.4) is 0 Å². The number of aryl methyl sites for hydroxylation is 1. The molecule has 6 heteroatoms. The molecular weight excluding hydrogens is 391 g/mol. The fourth-order valence-electron chi connectivity index (χ4n) is 3.79. The summed E-state index contributed by atoms with van der Waals surface area (Å²) in [5.74, 6) is 0.423. The number of hydrogen-bond acceptors (Lipinski definition) is 4. The van der Waals surface area contributed by atoms with Crippen LogP contribution in [0.5, 0.6) is 0 Å². The molecule has 1 aliphatic rings. The van der Waals surface area contributed by atoms with Gasteiger partial charge in [-0.25, -0.2) is 4.98 Å². The van der Waals surface area contributed by atoms with Crippen LogP contribution in [-0.2, 0) is 16.0 Å². The number of benzene rings is 1. The Bertz CT molecular complexity index is 889. The van der Waals surface area contributed by atoms with Crippen molar-refractivity contribution >= 4 is 29.0 Å². The van der Waals surface area contributed by atoms with E-state index < -0.39 is 0 Å². The highest BCUT2D eigenvalue weighted by molar-refractivity contribution is 7.12. The average molecular weight is 422 g/mol. The highest BCUT2D eigenvalue weighted by Crippen LogP contribution is 2.19. The van der Waals surface area contributed by atoms with Gasteiger partial charge < -0.3 is 14.0 Å². The van der Waals surface area contributed by atoms with Gasteiger partial charge in [0.25, 0.3) is 0 Å². The molecule has 0 aliphatic carbocycles. The van der Waals surface area contributed by atoms with Crippen molar-refractivity contribution in [1.29, 1.82) is 0 Å². The Balaban J connectivity index is 0.000000172. The van der Waals surface area contributed by atoms with Crippen LogP contribution >= 0.6 is 11.3 Å². The topological polar surface area (TPSA) is 36.3 Å². The van der Waals surface area contributed by atoms with Crippen LogP contribution in [0, 0.1) is 12.8 Å². The Morgan fingerprint density at radius 1 is 1.27 bits per heavy atom. The van der Waals surface area contributed by atoms with Gasteiger partial charge >= 0.3 is 0 Å². The van der Waals surface area contributed by atoms with Gasteiger partial charge in [-0.15, -0.1) is 23.4 Å². The molecule has 1 aliphatic heterocycles. The van der Waals surface area contributed by atoms with Gasteiger partial charge in [-0.2, -0.15) is 0 Å². The molecule has 0 saturated carbocycles. The Labute approximate surface area is 184 Å². The number of allylic oxidation sites excluding steroid dienone is 1. The third-order valence-corrected chi connectivity index (χ3v) is 6.26. The second kappa shape index (κ2) is 11.3. The minimum Gasteiger partial charge on any atom is -0.350 e. The van der Waals surface area contributed by atoms with Gasteiger partial charge in [-0.1, -0.05) is 61.2 Å². The molecule has 4 rings (SSSR count). The maximum atomic E-state index is 5.50. The highest BCUT2D eigenvalue weighted by Gasteiger charge is 2.25. The Hall–Kier alpha value is -2.15. The summed E-state index contributed by atoms with van der Waals surface area (Å²) in [6, 6.07) is 12.8. The van der Waals surface area contributed by atoms with E-state index in [2.05, 4.69) is 78.7 Å². The molecule has 0 amide bonds. The summed E-state index contributed by atoms with van der Waals surface area (Å²) in [6.07, 6.45) is 6.63. The van der Waals surface area contributed by atoms with Crippen LogP contribution in [0.25, 0.3) is 0 Å². The first-order valence-corrected chi connectivity index (χ1v) is 11.4. The minimum atomic E-state index is -0.0256. The summed E-state index contributed by atoms with van der Waals surface area (Å²) in [6.45, 7) is 13.3. The molecule has 0 spiro atoms. The fraction of sp³-hybridized carbons (Fsp3) is 0.375. The molecule has 0 bridgehead atoms. The molecule has 1 atom stereocenters. The van der Waals surface area contributed by atoms with Crippen molar-refractivity contribution < 1.29 is 9.47 Å². The molecule has 1 unspecified atom stereocenters. The first kappa shape index (κ1) is 22.5. The van der Waals surface area contributed by atoms with Crippen molar-refractivity contribution in [3.05, 3.63) is 77.4 Å². The minimum absolute atomic E-state index is 0.0256. The fourth-order valence-corrected chi connectivity index (χ4v) is 4.53. The van der Waals surface area contributed by atoms with Gasteiger partial charge in [-0.3, -0.25) is 0 Å². The molecule has 3 heterocycles. The first-order chi connectivity index (χ1) is 14.6. The van der Waals surface area contributed by atoms with E-state index in [1.54, 1.807) is 17.5 Å². The molecule has 158 valence electrons. The lowest BCUT2D eigenvalue weighted by atomic mass is 9.37. The molecule has 2 aromatic heterocycles. The van der Waals surface area contributed by atoms with Gasteiger partial charge in [0.05, 0.1) is 19.5 Å². The van der Waals surface area contributed by atoms with Gasteiger partial charge in [0.15, 0.2) is 6.29 Å². The molecule has 0 N–H and O–H groups in total. The van der Waals surface area contributed by atoms with Gasteiger partial charge in [0.1, 0.15) is 0 Å². The maximum Gasteiger partial charge on any atom is 0.237 e. The largest absolute Gasteiger partial charge is 0.350 e. The lowest BCUT2D eigenvalue weighted by Crippen LogP contribution is -2.43. The second-order valence-electron chi connectivity index (χ2n) is 7.66. The van der Waals surface area contributed by atoms with E-state index in [0.29, 0.717) is 12.6 Å². The number of aromatic nitrogens is 2. The van der Waals surface area contributed by atoms with E-state index in [0.717, 1.165) is 26.2 Å². The summed E-state index contributed by atoms with van der Waals surface area (Å²) in [5.41, 5.74) is 3.92. The third-order valence-electron chi connectivity index (χ3n) is 5.40. The quantitative estimate of drug-likeness (QED) is 0.539. The summed E-state index contributed by atoms with van der Waals surface area (Å²) in [4.78, 5) is 5.40. The molecule has 3 aromatic rings. The first-order valence-electron chi connectivity index (χ1n) is 10.5. The number of imidazole rings is 1. The molecule has 4 nitrogen and oxygen atoms in total. The van der Waals surface area contributed by atoms with E-state index in [9.17, 15) is 0 Å². The van der Waals surface area contributed by atoms with E-state index in [-0.39, 0.29) is 6.29 Å². The SMILES string of the molecule is C=C(C)B(c1ccccc1)c1ccsc1C.CCC(Cn1ccnc1)C1OCCO1. The van der Waals surface area contributed by atoms with Crippen LogP contribution in [-0.4, -0.2) is 35.8 Å². The second-order valence-corrected chi connectivity index (χ2v) is 8.78. The van der Waals surface area contributed by atoms with E-state index in [4.69, 9.17) is 9.47 Å². The Morgan fingerprint density at radius 2 is 2.00 bits per heavy atom. The Kier molecular flexibility index (Phi) is 8.49. The van der Waals surface area contributed by atoms with Crippen LogP contribution in [0.2, 0.25) is 0 Å². The standard InChI is InChI=1S/C14H15BS.C10H16N2O2/c1-11(2)15(13-7-5-4-6-8-13)14-9-10-16-12(14)3;1-2-9(10-13-5-6-14-10)7-12-4-3-11-8-12/h4-10H,1H2,2-3H3;3-4,8-10H,2,5-7H2,1H3. The zero-order valence-electron chi connectivity index (χ0n) is 18.2. The lowest BCUT2D eigenvalue weighted by Gasteiger charge is -2.20. The van der Waals surface area contributed by atoms with Crippen molar-refractivity contribution in [1.82, 2.24) is 9.55 Å². The molecule has 30 heavy (non-hydrogen) atoms. The van der Waals surface area contributed by atoms with Crippen molar-refractivity contribution in [2.75, 3.05) is 13.2 Å². The van der Waals surface area contributed by atoms with Crippen LogP contribution < -0.4 is 10.9 Å². The molecular formula is C24H31BN2O2S. The Morgan fingerprint density at radius 3 is 2.53 bits per heavy atom. The predicted octanol–water partition coefficient (Wildman–Crippen LogP) is 4.06. The summed E-state index contributed by atoms with van der Waals surface area (Å²) < 4.78 is 13.1. The molecule has 1 aromatic carbocycles. The number of hydrogen-bond donors (Lipinski definition) is 0. The van der Waals surface area contributed by atoms with Crippen LogP contribution in [0.15, 0.2) is 72.6 Å². The number of ether oxygens (including phenoxy) is 2. The van der Waals surface area contributed by atoms with Crippen molar-refractivity contribution in [2.24, 2.45) is 5.92 Å². The van der Waals surface area contributed by atoms with Crippen molar-refractivity contribution in [2.45, 2.75) is 40.0 Å². The predicted molar refractivity (Wildman–Crippen MR) is 127 cm³/mol. The highest BCUT2D eigenvalue weighted by atomic mass is 32.1. The van der Waals surface area contributed by atoms with E-state index >= 15 is 0 Å². The van der Waals surface area contributed by atoms with Crippen LogP contribution in [0.1, 0.15) is 25.1 Å². The van der Waals surface area contributed by atoms with Gasteiger partial charge in [0, 0.05) is 24.9 Å². The summed E-state index contributed by atoms with van der Waals surface area (Å²) >= 11 is 1.80. The van der Waals surface area contributed by atoms with E-state index in [1.165, 1.54) is 21.3 Å². The molecule has 1 saturated heterocycles. The molecule has 0 radical (unpaired) electrons. The van der Waals surface area contributed by atoms with Crippen LogP contribution in [0.4, 0.5) is 0 Å². The zero-order valence-corrected chi connectivity index (χ0v) is 19.0. The normalized spacial score (nSPS) is 14.8. The average Bonchev–Trinajstić information content (AvgIpc) is 3.52. The third kappa shape index (κ3) is 5.94. The van der Waals surface area contributed by atoms with E-state index in [1.807, 2.05) is 12.5 Å². The number of nitrogens with zero attached hydrogens (tertiary/aromatic N) is 2. The number of thiophene rings is 1. The van der Waals surface area contributed by atoms with Gasteiger partial charge in [0.2, 0.25) is 6.71 Å². The monoisotopic (exact) mass is 422 g/mol. The maximum absolute atomic E-state index is 5.50. The number of rotatable bonds is 7. The van der Waals surface area contributed by atoms with Crippen molar-refractivity contribution in [3.8, 4) is 0 Å². The summed E-state index contributed by atoms with van der Waals surface area (Å²) in [5, 5.41) is 2.16. The molecule has 1 fully saturated rings. The zero-order chi connectivity index (χ0) is 21.3. The lowest BCUT2D eigenvalue weighted by molar-refractivity contribution is -0.0884. The van der Waals surface area contributed by atoms with Gasteiger partial charge in [-0.05, 0) is 23.6 Å². The smallest absolute Gasteiger partial charge is 0.237 e. The van der Waals surface area contributed by atoms with Crippen molar-refractivity contribution in [3.63, 3.8) is 0 Å².